The van der Waals surface area contributed by atoms with Gasteiger partial charge in [0.1, 0.15) is 11.6 Å². The van der Waals surface area contributed by atoms with Crippen molar-refractivity contribution in [3.63, 3.8) is 0 Å². The molecule has 1 saturated heterocycles. The van der Waals surface area contributed by atoms with Gasteiger partial charge in [-0.2, -0.15) is 5.10 Å². The van der Waals surface area contributed by atoms with Gasteiger partial charge in [0.25, 0.3) is 5.56 Å². The number of piperazine rings is 1. The number of para-hydroxylation sites is 1. The number of carbonyl (C=O) groups excluding carboxylic acids is 1. The van der Waals surface area contributed by atoms with Gasteiger partial charge in [0.15, 0.2) is 0 Å². The maximum atomic E-state index is 13.6. The lowest BCUT2D eigenvalue weighted by Crippen LogP contribution is -2.50. The van der Waals surface area contributed by atoms with Gasteiger partial charge < -0.3 is 14.4 Å². The number of hydrogen-bond acceptors (Lipinski definition) is 4. The van der Waals surface area contributed by atoms with Crippen LogP contribution in [0.3, 0.4) is 0 Å². The average molecular weight is 444 g/mol. The van der Waals surface area contributed by atoms with Crippen LogP contribution in [-0.2, 0) is 11.8 Å². The summed E-state index contributed by atoms with van der Waals surface area (Å²) in [6.45, 7) is 9.04. The molecule has 1 aliphatic heterocycles. The maximum absolute atomic E-state index is 13.6. The Hall–Kier alpha value is -3.61. The zero-order valence-electron chi connectivity index (χ0n) is 19.6. The second kappa shape index (κ2) is 8.06. The fourth-order valence-corrected chi connectivity index (χ4v) is 4.99. The lowest BCUT2D eigenvalue weighted by Gasteiger charge is -2.38. The van der Waals surface area contributed by atoms with Crippen LogP contribution >= 0.6 is 0 Å². The monoisotopic (exact) mass is 443 g/mol. The summed E-state index contributed by atoms with van der Waals surface area (Å²) in [7, 11) is 1.64. The Morgan fingerprint density at radius 2 is 1.73 bits per heavy atom. The summed E-state index contributed by atoms with van der Waals surface area (Å²) in [6, 6.07) is 13.9. The van der Waals surface area contributed by atoms with Crippen molar-refractivity contribution in [1.29, 1.82) is 0 Å². The van der Waals surface area contributed by atoms with Gasteiger partial charge in [-0.1, -0.05) is 30.3 Å². The largest absolute Gasteiger partial charge is 0.368 e. The van der Waals surface area contributed by atoms with Crippen LogP contribution < -0.4 is 10.5 Å². The Morgan fingerprint density at radius 1 is 1.00 bits per heavy atom. The van der Waals surface area contributed by atoms with Crippen LogP contribution in [0.25, 0.3) is 21.8 Å². The first-order valence-corrected chi connectivity index (χ1v) is 11.4. The van der Waals surface area contributed by atoms with Crippen molar-refractivity contribution >= 4 is 33.4 Å². The summed E-state index contributed by atoms with van der Waals surface area (Å²) < 4.78 is 3.23. The number of hydrogen-bond donors (Lipinski definition) is 0. The summed E-state index contributed by atoms with van der Waals surface area (Å²) in [4.78, 5) is 30.9. The number of rotatable bonds is 3. The zero-order chi connectivity index (χ0) is 23.3. The molecule has 0 bridgehead atoms. The van der Waals surface area contributed by atoms with Gasteiger partial charge in [-0.3, -0.25) is 9.59 Å². The molecule has 3 heterocycles. The van der Waals surface area contributed by atoms with E-state index in [-0.39, 0.29) is 11.5 Å². The van der Waals surface area contributed by atoms with Crippen molar-refractivity contribution in [2.75, 3.05) is 31.1 Å². The minimum atomic E-state index is -0.491. The van der Waals surface area contributed by atoms with Crippen molar-refractivity contribution in [3.8, 4) is 0 Å². The van der Waals surface area contributed by atoms with E-state index in [0.29, 0.717) is 18.6 Å². The summed E-state index contributed by atoms with van der Waals surface area (Å²) in [5.74, 6) is 0.0390. The molecule has 7 heteroatoms. The molecule has 0 spiro atoms. The van der Waals surface area contributed by atoms with E-state index in [9.17, 15) is 9.59 Å². The first kappa shape index (κ1) is 21.2. The van der Waals surface area contributed by atoms with Gasteiger partial charge >= 0.3 is 0 Å². The minimum absolute atomic E-state index is 0.0390. The molecule has 2 aromatic heterocycles. The molecule has 1 aliphatic rings. The Labute approximate surface area is 192 Å². The highest BCUT2D eigenvalue weighted by Gasteiger charge is 2.29. The molecule has 2 aromatic carbocycles. The molecule has 0 aliphatic carbocycles. The minimum Gasteiger partial charge on any atom is -0.368 e. The number of aryl methyl sites for hydroxylation is 3. The van der Waals surface area contributed by atoms with E-state index < -0.39 is 6.04 Å². The van der Waals surface area contributed by atoms with Gasteiger partial charge in [-0.05, 0) is 44.0 Å². The highest BCUT2D eigenvalue weighted by molar-refractivity contribution is 6.08. The topological polar surface area (TPSA) is 63.4 Å². The van der Waals surface area contributed by atoms with Crippen LogP contribution in [0.1, 0.15) is 24.1 Å². The van der Waals surface area contributed by atoms with Crippen molar-refractivity contribution < 1.29 is 4.79 Å². The van der Waals surface area contributed by atoms with Crippen molar-refractivity contribution in [2.24, 2.45) is 7.05 Å². The quantitative estimate of drug-likeness (QED) is 0.487. The first-order valence-electron chi connectivity index (χ1n) is 11.4. The number of nitrogens with zero attached hydrogens (tertiary/aromatic N) is 5. The molecule has 7 nitrogen and oxygen atoms in total. The summed E-state index contributed by atoms with van der Waals surface area (Å²) in [6.07, 6.45) is 1.72. The van der Waals surface area contributed by atoms with E-state index in [1.165, 1.54) is 21.5 Å². The number of anilines is 1. The first-order chi connectivity index (χ1) is 15.9. The standard InChI is InChI=1S/C26H29N5O2/c1-17-9-10-18(2)23(15-17)29-11-13-30(14-12-29)25(32)19(3)31-22-8-6-5-7-20(22)21-16-27-28(4)26(33)24(21)31/h5-10,15-16,19H,11-14H2,1-4H3/t19-/m1/s1. The van der Waals surface area contributed by atoms with Gasteiger partial charge in [0.05, 0.1) is 11.7 Å². The van der Waals surface area contributed by atoms with Crippen LogP contribution in [0.2, 0.25) is 0 Å². The maximum Gasteiger partial charge on any atom is 0.291 e. The molecule has 1 amide bonds. The molecule has 4 aromatic rings. The summed E-state index contributed by atoms with van der Waals surface area (Å²) in [5.41, 5.74) is 4.96. The molecule has 1 atom stereocenters. The fourth-order valence-electron chi connectivity index (χ4n) is 4.99. The molecular weight excluding hydrogens is 414 g/mol. The van der Waals surface area contributed by atoms with E-state index in [4.69, 9.17) is 0 Å². The van der Waals surface area contributed by atoms with Gasteiger partial charge in [-0.25, -0.2) is 4.68 Å². The molecular formula is C26H29N5O2. The third-order valence-corrected chi connectivity index (χ3v) is 6.85. The number of benzene rings is 2. The Kier molecular flexibility index (Phi) is 5.19. The highest BCUT2D eigenvalue weighted by atomic mass is 16.2. The Balaban J connectivity index is 1.45. The molecule has 0 N–H and O–H groups in total. The average Bonchev–Trinajstić information content (AvgIpc) is 3.17. The van der Waals surface area contributed by atoms with E-state index in [1.54, 1.807) is 13.2 Å². The predicted molar refractivity (Wildman–Crippen MR) is 132 cm³/mol. The molecule has 0 radical (unpaired) electrons. The fraction of sp³-hybridized carbons (Fsp3) is 0.346. The van der Waals surface area contributed by atoms with Crippen molar-refractivity contribution in [2.45, 2.75) is 26.8 Å². The normalized spacial score (nSPS) is 15.4. The summed E-state index contributed by atoms with van der Waals surface area (Å²) >= 11 is 0. The van der Waals surface area contributed by atoms with Gasteiger partial charge in [0, 0.05) is 49.7 Å². The van der Waals surface area contributed by atoms with E-state index >= 15 is 0 Å². The second-order valence-corrected chi connectivity index (χ2v) is 9.00. The third kappa shape index (κ3) is 3.48. The van der Waals surface area contributed by atoms with E-state index in [0.717, 1.165) is 29.4 Å². The van der Waals surface area contributed by atoms with Crippen LogP contribution in [-0.4, -0.2) is 51.3 Å². The zero-order valence-corrected chi connectivity index (χ0v) is 19.6. The molecule has 33 heavy (non-hydrogen) atoms. The van der Waals surface area contributed by atoms with Crippen molar-refractivity contribution in [3.05, 3.63) is 70.1 Å². The number of amides is 1. The van der Waals surface area contributed by atoms with Crippen LogP contribution in [0.15, 0.2) is 53.5 Å². The third-order valence-electron chi connectivity index (χ3n) is 6.85. The van der Waals surface area contributed by atoms with E-state index in [1.807, 2.05) is 40.7 Å². The number of fused-ring (bicyclic) bond motifs is 3. The second-order valence-electron chi connectivity index (χ2n) is 9.00. The van der Waals surface area contributed by atoms with Gasteiger partial charge in [0.2, 0.25) is 5.91 Å². The molecule has 0 unspecified atom stereocenters. The lowest BCUT2D eigenvalue weighted by molar-refractivity contribution is -0.134. The van der Waals surface area contributed by atoms with Gasteiger partial charge in [-0.15, -0.1) is 0 Å². The molecule has 170 valence electrons. The Bertz CT molecular complexity index is 1430. The molecule has 5 rings (SSSR count). The number of carbonyl (C=O) groups is 1. The SMILES string of the molecule is Cc1ccc(C)c(N2CCN(C(=O)[C@@H](C)n3c4ccccc4c4cnn(C)c(=O)c43)CC2)c1. The Morgan fingerprint density at radius 3 is 2.48 bits per heavy atom. The summed E-state index contributed by atoms with van der Waals surface area (Å²) in [5, 5.41) is 5.93. The predicted octanol–water partition coefficient (Wildman–Crippen LogP) is 3.41. The van der Waals surface area contributed by atoms with Crippen LogP contribution in [0.5, 0.6) is 0 Å². The highest BCUT2D eigenvalue weighted by Crippen LogP contribution is 2.30. The van der Waals surface area contributed by atoms with E-state index in [2.05, 4.69) is 42.0 Å². The van der Waals surface area contributed by atoms with Crippen molar-refractivity contribution in [1.82, 2.24) is 19.2 Å². The van der Waals surface area contributed by atoms with Crippen LogP contribution in [0.4, 0.5) is 5.69 Å². The molecule has 0 saturated carbocycles. The van der Waals surface area contributed by atoms with Crippen LogP contribution in [0, 0.1) is 13.8 Å². The molecule has 1 fully saturated rings. The smallest absolute Gasteiger partial charge is 0.291 e. The lowest BCUT2D eigenvalue weighted by atomic mass is 10.1. The number of aromatic nitrogens is 3.